The van der Waals surface area contributed by atoms with Gasteiger partial charge in [0.1, 0.15) is 0 Å². The van der Waals surface area contributed by atoms with Gasteiger partial charge in [-0.15, -0.1) is 11.6 Å². The van der Waals surface area contributed by atoms with E-state index in [9.17, 15) is 0 Å². The molecule has 0 aromatic rings. The quantitative estimate of drug-likeness (QED) is 0.634. The summed E-state index contributed by atoms with van der Waals surface area (Å²) in [6.45, 7) is 0. The molecule has 0 spiro atoms. The van der Waals surface area contributed by atoms with Crippen LogP contribution in [0, 0.1) is 0 Å². The maximum absolute atomic E-state index is 5.95. The van der Waals surface area contributed by atoms with Crippen molar-refractivity contribution >= 4 is 11.6 Å². The highest BCUT2D eigenvalue weighted by Gasteiger charge is 2.42. The SMILES string of the molecule is COC1C(Cl)CC1OC1CCC1. The summed E-state index contributed by atoms with van der Waals surface area (Å²) in [4.78, 5) is 0. The molecule has 2 nitrogen and oxygen atoms in total. The lowest BCUT2D eigenvalue weighted by molar-refractivity contribution is -0.152. The van der Waals surface area contributed by atoms with Crippen LogP contribution in [0.1, 0.15) is 25.7 Å². The predicted molar refractivity (Wildman–Crippen MR) is 47.6 cm³/mol. The van der Waals surface area contributed by atoms with Gasteiger partial charge in [0.25, 0.3) is 0 Å². The Morgan fingerprint density at radius 3 is 2.50 bits per heavy atom. The molecule has 0 bridgehead atoms. The second-order valence-corrected chi connectivity index (χ2v) is 4.24. The molecular weight excluding hydrogens is 176 g/mol. The van der Waals surface area contributed by atoms with Crippen LogP contribution in [0.4, 0.5) is 0 Å². The number of alkyl halides is 1. The standard InChI is InChI=1S/C9H15ClO2/c1-11-9-7(10)5-8(9)12-6-3-2-4-6/h6-9H,2-5H2,1H3. The van der Waals surface area contributed by atoms with Gasteiger partial charge in [-0.2, -0.15) is 0 Å². The zero-order chi connectivity index (χ0) is 8.55. The number of hydrogen-bond acceptors (Lipinski definition) is 2. The molecule has 0 N–H and O–H groups in total. The van der Waals surface area contributed by atoms with E-state index in [0.29, 0.717) is 6.10 Å². The Labute approximate surface area is 78.2 Å². The van der Waals surface area contributed by atoms with Crippen LogP contribution in [0.15, 0.2) is 0 Å². The van der Waals surface area contributed by atoms with Gasteiger partial charge >= 0.3 is 0 Å². The van der Waals surface area contributed by atoms with E-state index in [1.165, 1.54) is 19.3 Å². The van der Waals surface area contributed by atoms with E-state index in [4.69, 9.17) is 21.1 Å². The first-order chi connectivity index (χ1) is 5.81. The van der Waals surface area contributed by atoms with Crippen LogP contribution in [0.3, 0.4) is 0 Å². The molecule has 0 aliphatic heterocycles. The highest BCUT2D eigenvalue weighted by molar-refractivity contribution is 6.21. The van der Waals surface area contributed by atoms with Gasteiger partial charge in [-0.1, -0.05) is 0 Å². The largest absolute Gasteiger partial charge is 0.377 e. The molecule has 3 atom stereocenters. The van der Waals surface area contributed by atoms with Crippen molar-refractivity contribution in [1.82, 2.24) is 0 Å². The Bertz CT molecular complexity index is 159. The molecule has 2 aliphatic carbocycles. The number of rotatable bonds is 3. The van der Waals surface area contributed by atoms with E-state index in [1.807, 2.05) is 0 Å². The van der Waals surface area contributed by atoms with Crippen molar-refractivity contribution in [3.05, 3.63) is 0 Å². The number of ether oxygens (including phenoxy) is 2. The molecule has 2 aliphatic rings. The van der Waals surface area contributed by atoms with Crippen LogP contribution in [-0.2, 0) is 9.47 Å². The second kappa shape index (κ2) is 3.52. The van der Waals surface area contributed by atoms with Gasteiger partial charge in [0, 0.05) is 7.11 Å². The molecule has 3 heteroatoms. The Kier molecular flexibility index (Phi) is 2.58. The highest BCUT2D eigenvalue weighted by Crippen LogP contribution is 2.35. The lowest BCUT2D eigenvalue weighted by Crippen LogP contribution is -2.52. The lowest BCUT2D eigenvalue weighted by Gasteiger charge is -2.43. The van der Waals surface area contributed by atoms with Gasteiger partial charge in [0.2, 0.25) is 0 Å². The summed E-state index contributed by atoms with van der Waals surface area (Å²) in [7, 11) is 1.70. The van der Waals surface area contributed by atoms with Crippen LogP contribution >= 0.6 is 11.6 Å². The Morgan fingerprint density at radius 1 is 1.33 bits per heavy atom. The Hall–Kier alpha value is 0.210. The molecule has 3 unspecified atom stereocenters. The van der Waals surface area contributed by atoms with Crippen LogP contribution in [0.2, 0.25) is 0 Å². The van der Waals surface area contributed by atoms with Crippen molar-refractivity contribution in [3.63, 3.8) is 0 Å². The minimum absolute atomic E-state index is 0.132. The molecule has 2 rings (SSSR count). The van der Waals surface area contributed by atoms with Crippen LogP contribution < -0.4 is 0 Å². The monoisotopic (exact) mass is 190 g/mol. The van der Waals surface area contributed by atoms with Gasteiger partial charge < -0.3 is 9.47 Å². The summed E-state index contributed by atoms with van der Waals surface area (Å²) < 4.78 is 11.0. The minimum Gasteiger partial charge on any atom is -0.377 e. The molecular formula is C9H15ClO2. The van der Waals surface area contributed by atoms with Gasteiger partial charge in [-0.05, 0) is 25.7 Å². The average Bonchev–Trinajstić information content (AvgIpc) is 1.94. The van der Waals surface area contributed by atoms with Gasteiger partial charge in [-0.3, -0.25) is 0 Å². The fraction of sp³-hybridized carbons (Fsp3) is 1.00. The third-order valence-corrected chi connectivity index (χ3v) is 3.30. The third-order valence-electron chi connectivity index (χ3n) is 2.87. The molecule has 70 valence electrons. The van der Waals surface area contributed by atoms with Crippen molar-refractivity contribution < 1.29 is 9.47 Å². The summed E-state index contributed by atoms with van der Waals surface area (Å²) in [5.74, 6) is 0. The van der Waals surface area contributed by atoms with E-state index < -0.39 is 0 Å². The molecule has 0 radical (unpaired) electrons. The van der Waals surface area contributed by atoms with E-state index in [1.54, 1.807) is 7.11 Å². The summed E-state index contributed by atoms with van der Waals surface area (Å²) in [5, 5.41) is 0.167. The van der Waals surface area contributed by atoms with Crippen molar-refractivity contribution in [3.8, 4) is 0 Å². The molecule has 0 heterocycles. The van der Waals surface area contributed by atoms with E-state index in [0.717, 1.165) is 6.42 Å². The number of methoxy groups -OCH3 is 1. The summed E-state index contributed by atoms with van der Waals surface area (Å²) in [6.07, 6.45) is 5.61. The van der Waals surface area contributed by atoms with Gasteiger partial charge in [0.05, 0.1) is 23.7 Å². The minimum atomic E-state index is 0.132. The zero-order valence-electron chi connectivity index (χ0n) is 7.33. The first-order valence-electron chi connectivity index (χ1n) is 4.63. The van der Waals surface area contributed by atoms with Crippen LogP contribution in [-0.4, -0.2) is 30.8 Å². The molecule has 0 saturated heterocycles. The molecule has 2 fully saturated rings. The molecule has 12 heavy (non-hydrogen) atoms. The molecule has 2 saturated carbocycles. The first-order valence-corrected chi connectivity index (χ1v) is 5.07. The molecule has 0 amide bonds. The summed E-state index contributed by atoms with van der Waals surface area (Å²) >= 11 is 5.95. The number of hydrogen-bond donors (Lipinski definition) is 0. The Balaban J connectivity index is 1.74. The van der Waals surface area contributed by atoms with Crippen molar-refractivity contribution in [2.45, 2.75) is 49.4 Å². The van der Waals surface area contributed by atoms with Crippen LogP contribution in [0.5, 0.6) is 0 Å². The van der Waals surface area contributed by atoms with E-state index >= 15 is 0 Å². The fourth-order valence-corrected chi connectivity index (χ4v) is 2.15. The maximum atomic E-state index is 5.95. The summed E-state index contributed by atoms with van der Waals surface area (Å²) in [5.41, 5.74) is 0. The highest BCUT2D eigenvalue weighted by atomic mass is 35.5. The first kappa shape index (κ1) is 8.79. The van der Waals surface area contributed by atoms with Crippen molar-refractivity contribution in [2.75, 3.05) is 7.11 Å². The average molecular weight is 191 g/mol. The second-order valence-electron chi connectivity index (χ2n) is 3.68. The summed E-state index contributed by atoms with van der Waals surface area (Å²) in [6, 6.07) is 0. The van der Waals surface area contributed by atoms with Crippen molar-refractivity contribution in [2.24, 2.45) is 0 Å². The van der Waals surface area contributed by atoms with E-state index in [-0.39, 0.29) is 17.6 Å². The van der Waals surface area contributed by atoms with E-state index in [2.05, 4.69) is 0 Å². The fourth-order valence-electron chi connectivity index (χ4n) is 1.71. The van der Waals surface area contributed by atoms with Crippen LogP contribution in [0.25, 0.3) is 0 Å². The number of halogens is 1. The topological polar surface area (TPSA) is 18.5 Å². The predicted octanol–water partition coefficient (Wildman–Crippen LogP) is 1.95. The van der Waals surface area contributed by atoms with Crippen molar-refractivity contribution in [1.29, 1.82) is 0 Å². The Morgan fingerprint density at radius 2 is 2.08 bits per heavy atom. The maximum Gasteiger partial charge on any atom is 0.0997 e. The smallest absolute Gasteiger partial charge is 0.0997 e. The zero-order valence-corrected chi connectivity index (χ0v) is 8.09. The van der Waals surface area contributed by atoms with Gasteiger partial charge in [0.15, 0.2) is 0 Å². The molecule has 0 aromatic carbocycles. The normalized spacial score (nSPS) is 42.0. The molecule has 0 aromatic heterocycles. The third kappa shape index (κ3) is 1.48. The van der Waals surface area contributed by atoms with Gasteiger partial charge in [-0.25, -0.2) is 0 Å². The lowest BCUT2D eigenvalue weighted by atomic mass is 9.89.